The Morgan fingerprint density at radius 2 is 2.14 bits per heavy atom. The number of fused-ring (bicyclic) bond motifs is 2. The van der Waals surface area contributed by atoms with Crippen molar-refractivity contribution in [2.45, 2.75) is 70.6 Å². The van der Waals surface area contributed by atoms with E-state index in [9.17, 15) is 4.79 Å². The predicted octanol–water partition coefficient (Wildman–Crippen LogP) is 3.23. The Morgan fingerprint density at radius 1 is 1.41 bits per heavy atom. The summed E-state index contributed by atoms with van der Waals surface area (Å²) >= 11 is 0. The summed E-state index contributed by atoms with van der Waals surface area (Å²) in [7, 11) is 0. The molecule has 0 saturated carbocycles. The zero-order valence-corrected chi connectivity index (χ0v) is 13.8. The number of carbonyl (C=O) groups excluding carboxylic acids is 1. The monoisotopic (exact) mass is 303 g/mol. The first-order valence-electron chi connectivity index (χ1n) is 7.99. The van der Waals surface area contributed by atoms with Crippen LogP contribution in [0.1, 0.15) is 57.1 Å². The van der Waals surface area contributed by atoms with Gasteiger partial charge < -0.3 is 15.4 Å². The number of nitrogen functional groups attached to an aromatic ring is 1. The number of nitrogens with zero attached hydrogens (tertiary/aromatic N) is 2. The number of ether oxygens (including phenoxy) is 1. The first-order valence-corrected chi connectivity index (χ1v) is 7.99. The van der Waals surface area contributed by atoms with Crippen molar-refractivity contribution in [3.63, 3.8) is 0 Å². The Balaban J connectivity index is 1.82. The van der Waals surface area contributed by atoms with Gasteiger partial charge in [-0.15, -0.1) is 0 Å². The van der Waals surface area contributed by atoms with Crippen LogP contribution in [0.4, 0.5) is 10.6 Å². The third kappa shape index (κ3) is 2.64. The second-order valence-corrected chi connectivity index (χ2v) is 7.49. The minimum Gasteiger partial charge on any atom is -0.444 e. The van der Waals surface area contributed by atoms with E-state index in [0.717, 1.165) is 24.8 Å². The normalized spacial score (nSPS) is 27.3. The lowest BCUT2D eigenvalue weighted by Crippen LogP contribution is -2.40. The molecule has 120 valence electrons. The minimum atomic E-state index is -0.451. The predicted molar refractivity (Wildman–Crippen MR) is 85.6 cm³/mol. The Morgan fingerprint density at radius 3 is 2.77 bits per heavy atom. The Hall–Kier alpha value is -1.78. The summed E-state index contributed by atoms with van der Waals surface area (Å²) in [6.07, 6.45) is 4.81. The van der Waals surface area contributed by atoms with Gasteiger partial charge in [-0.25, -0.2) is 9.78 Å². The molecule has 0 radical (unpaired) electrons. The molecule has 0 aliphatic carbocycles. The summed E-state index contributed by atoms with van der Waals surface area (Å²) in [6.45, 7) is 7.80. The highest BCUT2D eigenvalue weighted by Gasteiger charge is 2.50. The first-order chi connectivity index (χ1) is 10.3. The molecule has 22 heavy (non-hydrogen) atoms. The van der Waals surface area contributed by atoms with Crippen LogP contribution in [0.3, 0.4) is 0 Å². The molecule has 0 unspecified atom stereocenters. The van der Waals surface area contributed by atoms with Gasteiger partial charge in [-0.2, -0.15) is 0 Å². The van der Waals surface area contributed by atoms with E-state index in [4.69, 9.17) is 10.5 Å². The van der Waals surface area contributed by atoms with Crippen molar-refractivity contribution in [2.24, 2.45) is 0 Å². The van der Waals surface area contributed by atoms with Crippen LogP contribution in [0.15, 0.2) is 12.3 Å². The van der Waals surface area contributed by atoms with Gasteiger partial charge in [-0.1, -0.05) is 0 Å². The van der Waals surface area contributed by atoms with E-state index in [1.165, 1.54) is 5.56 Å². The Labute approximate surface area is 131 Å². The molecule has 2 bridgehead atoms. The van der Waals surface area contributed by atoms with E-state index >= 15 is 0 Å². The molecule has 2 saturated heterocycles. The van der Waals surface area contributed by atoms with Crippen molar-refractivity contribution in [1.29, 1.82) is 0 Å². The zero-order chi connectivity index (χ0) is 16.1. The number of amides is 1. The Bertz CT molecular complexity index is 594. The lowest BCUT2D eigenvalue weighted by molar-refractivity contribution is 0.0213. The quantitative estimate of drug-likeness (QED) is 0.865. The Kier molecular flexibility index (Phi) is 3.54. The molecular formula is C17H25N3O2. The average Bonchev–Trinajstić information content (AvgIpc) is 2.93. The molecule has 0 aromatic carbocycles. The van der Waals surface area contributed by atoms with Gasteiger partial charge in [0.15, 0.2) is 0 Å². The SMILES string of the molecule is Cc1cc(N)ncc1[C@H]1C[C@@H]2CC[C@H]1N2C(=O)OC(C)(C)C. The van der Waals surface area contributed by atoms with Gasteiger partial charge >= 0.3 is 6.09 Å². The number of rotatable bonds is 1. The maximum atomic E-state index is 12.5. The first kappa shape index (κ1) is 15.1. The fourth-order valence-electron chi connectivity index (χ4n) is 3.90. The van der Waals surface area contributed by atoms with Crippen molar-refractivity contribution >= 4 is 11.9 Å². The second-order valence-electron chi connectivity index (χ2n) is 7.49. The molecule has 0 spiro atoms. The highest BCUT2D eigenvalue weighted by Crippen LogP contribution is 2.47. The van der Waals surface area contributed by atoms with Gasteiger partial charge in [0, 0.05) is 24.2 Å². The highest BCUT2D eigenvalue weighted by atomic mass is 16.6. The second kappa shape index (κ2) is 5.14. The van der Waals surface area contributed by atoms with Crippen LogP contribution in [0, 0.1) is 6.92 Å². The molecule has 2 N–H and O–H groups in total. The molecule has 5 nitrogen and oxygen atoms in total. The van der Waals surface area contributed by atoms with Gasteiger partial charge in [0.1, 0.15) is 11.4 Å². The zero-order valence-electron chi connectivity index (χ0n) is 13.8. The van der Waals surface area contributed by atoms with E-state index in [0.29, 0.717) is 17.8 Å². The molecule has 2 aliphatic heterocycles. The molecule has 3 heterocycles. The van der Waals surface area contributed by atoms with Crippen LogP contribution in [0.5, 0.6) is 0 Å². The third-order valence-electron chi connectivity index (χ3n) is 4.71. The van der Waals surface area contributed by atoms with Crippen molar-refractivity contribution in [2.75, 3.05) is 5.73 Å². The van der Waals surface area contributed by atoms with Crippen LogP contribution in [0.25, 0.3) is 0 Å². The number of carbonyl (C=O) groups is 1. The highest BCUT2D eigenvalue weighted by molar-refractivity contribution is 5.70. The van der Waals surface area contributed by atoms with Crippen molar-refractivity contribution < 1.29 is 9.53 Å². The van der Waals surface area contributed by atoms with Crippen LogP contribution in [-0.4, -0.2) is 33.7 Å². The van der Waals surface area contributed by atoms with Crippen LogP contribution < -0.4 is 5.73 Å². The molecule has 2 fully saturated rings. The van der Waals surface area contributed by atoms with E-state index in [2.05, 4.69) is 11.9 Å². The van der Waals surface area contributed by atoms with Gasteiger partial charge in [0.25, 0.3) is 0 Å². The van der Waals surface area contributed by atoms with Gasteiger partial charge in [0.2, 0.25) is 0 Å². The third-order valence-corrected chi connectivity index (χ3v) is 4.71. The van der Waals surface area contributed by atoms with Crippen LogP contribution in [-0.2, 0) is 4.74 Å². The van der Waals surface area contributed by atoms with Crippen molar-refractivity contribution in [1.82, 2.24) is 9.88 Å². The summed E-state index contributed by atoms with van der Waals surface area (Å²) in [5.41, 5.74) is 7.68. The summed E-state index contributed by atoms with van der Waals surface area (Å²) < 4.78 is 5.59. The van der Waals surface area contributed by atoms with Gasteiger partial charge in [-0.05, 0) is 64.2 Å². The minimum absolute atomic E-state index is 0.177. The van der Waals surface area contributed by atoms with Gasteiger partial charge in [0.05, 0.1) is 0 Å². The largest absolute Gasteiger partial charge is 0.444 e. The van der Waals surface area contributed by atoms with Crippen molar-refractivity contribution in [3.8, 4) is 0 Å². The summed E-state index contributed by atoms with van der Waals surface area (Å²) in [5, 5.41) is 0. The van der Waals surface area contributed by atoms with E-state index in [1.807, 2.05) is 37.9 Å². The molecule has 1 amide bonds. The molecule has 3 atom stereocenters. The lowest BCUT2D eigenvalue weighted by atomic mass is 9.83. The van der Waals surface area contributed by atoms with E-state index in [1.54, 1.807) is 0 Å². The van der Waals surface area contributed by atoms with E-state index < -0.39 is 5.60 Å². The molecule has 5 heteroatoms. The lowest BCUT2D eigenvalue weighted by Gasteiger charge is -2.28. The van der Waals surface area contributed by atoms with Crippen molar-refractivity contribution in [3.05, 3.63) is 23.4 Å². The number of pyridine rings is 1. The maximum Gasteiger partial charge on any atom is 0.410 e. The maximum absolute atomic E-state index is 12.5. The van der Waals surface area contributed by atoms with Crippen LogP contribution >= 0.6 is 0 Å². The summed E-state index contributed by atoms with van der Waals surface area (Å²) in [4.78, 5) is 18.7. The van der Waals surface area contributed by atoms with Crippen LogP contribution in [0.2, 0.25) is 0 Å². The number of anilines is 1. The summed E-state index contributed by atoms with van der Waals surface area (Å²) in [5.74, 6) is 0.896. The number of hydrogen-bond acceptors (Lipinski definition) is 4. The average molecular weight is 303 g/mol. The fraction of sp³-hybridized carbons (Fsp3) is 0.647. The number of nitrogens with two attached hydrogens (primary N) is 1. The van der Waals surface area contributed by atoms with E-state index in [-0.39, 0.29) is 12.1 Å². The fourth-order valence-corrected chi connectivity index (χ4v) is 3.90. The molecule has 1 aromatic rings. The molecule has 3 rings (SSSR count). The molecule has 2 aliphatic rings. The topological polar surface area (TPSA) is 68.5 Å². The molecular weight excluding hydrogens is 278 g/mol. The van der Waals surface area contributed by atoms with Gasteiger partial charge in [-0.3, -0.25) is 0 Å². The summed E-state index contributed by atoms with van der Waals surface area (Å²) in [6, 6.07) is 2.44. The smallest absolute Gasteiger partial charge is 0.410 e. The number of aryl methyl sites for hydroxylation is 1. The number of hydrogen-bond donors (Lipinski definition) is 1. The standard InChI is InChI=1S/C17H25N3O2/c1-10-7-15(18)19-9-13(10)12-8-11-5-6-14(12)20(11)16(21)22-17(2,3)4/h7,9,11-12,14H,5-6,8H2,1-4H3,(H2,18,19)/t11-,12+,14+/m0/s1. The number of aromatic nitrogens is 1. The molecule has 1 aromatic heterocycles.